The molecule has 4 rings (SSSR count). The van der Waals surface area contributed by atoms with Gasteiger partial charge in [-0.05, 0) is 67.1 Å². The van der Waals surface area contributed by atoms with Gasteiger partial charge in [0.15, 0.2) is 0 Å². The Kier molecular flexibility index (Phi) is 4.81. The minimum absolute atomic E-state index is 0.00164. The molecule has 2 amide bonds. The van der Waals surface area contributed by atoms with E-state index in [2.05, 4.69) is 5.32 Å². The molecule has 1 aliphatic rings. The van der Waals surface area contributed by atoms with Gasteiger partial charge in [0.05, 0.1) is 13.2 Å². The molecule has 0 bridgehead atoms. The fraction of sp³-hybridized carbons (Fsp3) is 0.130. The number of hydrogen-bond acceptors (Lipinski definition) is 3. The minimum atomic E-state index is -0.194. The molecule has 0 aliphatic carbocycles. The second-order valence-corrected chi connectivity index (χ2v) is 6.51. The van der Waals surface area contributed by atoms with Gasteiger partial charge in [-0.3, -0.25) is 9.59 Å². The van der Waals surface area contributed by atoms with Crippen molar-refractivity contribution < 1.29 is 14.3 Å². The first-order valence-corrected chi connectivity index (χ1v) is 9.20. The first kappa shape index (κ1) is 17.8. The number of amides is 2. The maximum atomic E-state index is 12.6. The molecule has 140 valence electrons. The van der Waals surface area contributed by atoms with Crippen LogP contribution < -0.4 is 15.0 Å². The fourth-order valence-electron chi connectivity index (χ4n) is 3.26. The summed E-state index contributed by atoms with van der Waals surface area (Å²) in [6, 6.07) is 21.9. The molecular formula is C23H20N2O3. The van der Waals surface area contributed by atoms with Gasteiger partial charge in [-0.25, -0.2) is 0 Å². The first-order valence-electron chi connectivity index (χ1n) is 9.20. The summed E-state index contributed by atoms with van der Waals surface area (Å²) in [5, 5.41) is 2.87. The van der Waals surface area contributed by atoms with Gasteiger partial charge in [0.25, 0.3) is 11.8 Å². The molecule has 0 spiro atoms. The first-order chi connectivity index (χ1) is 13.7. The lowest BCUT2D eigenvalue weighted by Gasteiger charge is -2.16. The van der Waals surface area contributed by atoms with Crippen molar-refractivity contribution in [3.63, 3.8) is 0 Å². The van der Waals surface area contributed by atoms with E-state index in [4.69, 9.17) is 4.74 Å². The summed E-state index contributed by atoms with van der Waals surface area (Å²) in [5.41, 5.74) is 3.81. The standard InChI is InChI=1S/C23H20N2O3/c1-2-28-20-13-7-16(8-14-20)22(26)24-18-9-11-19(12-10-18)25-15-17-5-3-4-6-21(17)23(25)27/h3-14H,2,15H2,1H3,(H,24,26). The molecule has 5 nitrogen and oxygen atoms in total. The van der Waals surface area contributed by atoms with E-state index in [1.165, 1.54) is 0 Å². The van der Waals surface area contributed by atoms with Crippen molar-refractivity contribution in [3.05, 3.63) is 89.5 Å². The monoisotopic (exact) mass is 372 g/mol. The van der Waals surface area contributed by atoms with E-state index in [1.807, 2.05) is 43.3 Å². The number of carbonyl (C=O) groups excluding carboxylic acids is 2. The van der Waals surface area contributed by atoms with E-state index >= 15 is 0 Å². The number of nitrogens with one attached hydrogen (secondary N) is 1. The Morgan fingerprint density at radius 2 is 1.71 bits per heavy atom. The number of fused-ring (bicyclic) bond motifs is 1. The molecule has 1 aliphatic heterocycles. The van der Waals surface area contributed by atoms with Crippen LogP contribution in [0.1, 0.15) is 33.2 Å². The second kappa shape index (κ2) is 7.56. The third-order valence-electron chi connectivity index (χ3n) is 4.69. The van der Waals surface area contributed by atoms with Crippen LogP contribution in [0.3, 0.4) is 0 Å². The van der Waals surface area contributed by atoms with Crippen molar-refractivity contribution >= 4 is 23.2 Å². The van der Waals surface area contributed by atoms with Gasteiger partial charge in [0, 0.05) is 22.5 Å². The van der Waals surface area contributed by atoms with E-state index in [1.54, 1.807) is 41.3 Å². The zero-order valence-corrected chi connectivity index (χ0v) is 15.5. The maximum absolute atomic E-state index is 12.6. The highest BCUT2D eigenvalue weighted by atomic mass is 16.5. The summed E-state index contributed by atoms with van der Waals surface area (Å²) < 4.78 is 5.39. The Labute approximate surface area is 163 Å². The average molecular weight is 372 g/mol. The summed E-state index contributed by atoms with van der Waals surface area (Å²) in [6.07, 6.45) is 0. The van der Waals surface area contributed by atoms with Crippen LogP contribution in [0.15, 0.2) is 72.8 Å². The highest BCUT2D eigenvalue weighted by Gasteiger charge is 2.27. The number of anilines is 2. The van der Waals surface area contributed by atoms with E-state index in [9.17, 15) is 9.59 Å². The lowest BCUT2D eigenvalue weighted by atomic mass is 10.1. The number of nitrogens with zero attached hydrogens (tertiary/aromatic N) is 1. The zero-order chi connectivity index (χ0) is 19.5. The van der Waals surface area contributed by atoms with Crippen molar-refractivity contribution in [2.45, 2.75) is 13.5 Å². The van der Waals surface area contributed by atoms with Gasteiger partial charge in [0.2, 0.25) is 0 Å². The van der Waals surface area contributed by atoms with Crippen molar-refractivity contribution in [1.29, 1.82) is 0 Å². The third kappa shape index (κ3) is 3.47. The van der Waals surface area contributed by atoms with Crippen LogP contribution in [-0.4, -0.2) is 18.4 Å². The van der Waals surface area contributed by atoms with Crippen molar-refractivity contribution in [2.24, 2.45) is 0 Å². The van der Waals surface area contributed by atoms with Crippen LogP contribution in [0.25, 0.3) is 0 Å². The number of carbonyl (C=O) groups is 2. The summed E-state index contributed by atoms with van der Waals surface area (Å²) in [6.45, 7) is 3.06. The van der Waals surface area contributed by atoms with Gasteiger partial charge >= 0.3 is 0 Å². The van der Waals surface area contributed by atoms with Crippen LogP contribution >= 0.6 is 0 Å². The van der Waals surface area contributed by atoms with Crippen molar-refractivity contribution in [3.8, 4) is 5.75 Å². The molecule has 3 aromatic carbocycles. The van der Waals surface area contributed by atoms with Crippen molar-refractivity contribution in [1.82, 2.24) is 0 Å². The molecule has 0 unspecified atom stereocenters. The summed E-state index contributed by atoms with van der Waals surface area (Å²) in [5.74, 6) is 0.543. The molecule has 0 atom stereocenters. The summed E-state index contributed by atoms with van der Waals surface area (Å²) >= 11 is 0. The Balaban J connectivity index is 1.44. The molecule has 0 saturated carbocycles. The minimum Gasteiger partial charge on any atom is -0.494 e. The van der Waals surface area contributed by atoms with E-state index in [0.717, 1.165) is 22.6 Å². The molecule has 5 heteroatoms. The van der Waals surface area contributed by atoms with Gasteiger partial charge in [-0.1, -0.05) is 18.2 Å². The molecule has 3 aromatic rings. The zero-order valence-electron chi connectivity index (χ0n) is 15.5. The predicted octanol–water partition coefficient (Wildman–Crippen LogP) is 4.50. The smallest absolute Gasteiger partial charge is 0.258 e. The topological polar surface area (TPSA) is 58.6 Å². The van der Waals surface area contributed by atoms with E-state index < -0.39 is 0 Å². The molecule has 0 fully saturated rings. The van der Waals surface area contributed by atoms with Crippen LogP contribution in [0, 0.1) is 0 Å². The molecule has 1 heterocycles. The number of hydrogen-bond donors (Lipinski definition) is 1. The number of benzene rings is 3. The van der Waals surface area contributed by atoms with Crippen LogP contribution in [0.4, 0.5) is 11.4 Å². The Bertz CT molecular complexity index is 1010. The summed E-state index contributed by atoms with van der Waals surface area (Å²) in [4.78, 5) is 26.7. The molecule has 0 radical (unpaired) electrons. The van der Waals surface area contributed by atoms with Crippen LogP contribution in [0.2, 0.25) is 0 Å². The second-order valence-electron chi connectivity index (χ2n) is 6.51. The number of ether oxygens (including phenoxy) is 1. The normalized spacial score (nSPS) is 12.6. The lowest BCUT2D eigenvalue weighted by molar-refractivity contribution is 0.0994. The third-order valence-corrected chi connectivity index (χ3v) is 4.69. The van der Waals surface area contributed by atoms with Crippen molar-refractivity contribution in [2.75, 3.05) is 16.8 Å². The maximum Gasteiger partial charge on any atom is 0.258 e. The molecule has 28 heavy (non-hydrogen) atoms. The molecule has 0 saturated heterocycles. The lowest BCUT2D eigenvalue weighted by Crippen LogP contribution is -2.22. The van der Waals surface area contributed by atoms with E-state index in [0.29, 0.717) is 24.4 Å². The highest BCUT2D eigenvalue weighted by molar-refractivity contribution is 6.10. The van der Waals surface area contributed by atoms with Crippen LogP contribution in [0.5, 0.6) is 5.75 Å². The molecule has 0 aromatic heterocycles. The van der Waals surface area contributed by atoms with Gasteiger partial charge in [-0.15, -0.1) is 0 Å². The van der Waals surface area contributed by atoms with Crippen LogP contribution in [-0.2, 0) is 6.54 Å². The highest BCUT2D eigenvalue weighted by Crippen LogP contribution is 2.29. The summed E-state index contributed by atoms with van der Waals surface area (Å²) in [7, 11) is 0. The Hall–Kier alpha value is -3.60. The van der Waals surface area contributed by atoms with Gasteiger partial charge in [0.1, 0.15) is 5.75 Å². The SMILES string of the molecule is CCOc1ccc(C(=O)Nc2ccc(N3Cc4ccccc4C3=O)cc2)cc1. The largest absolute Gasteiger partial charge is 0.494 e. The number of rotatable bonds is 5. The molecule has 1 N–H and O–H groups in total. The Morgan fingerprint density at radius 3 is 2.39 bits per heavy atom. The van der Waals surface area contributed by atoms with Gasteiger partial charge in [-0.2, -0.15) is 0 Å². The van der Waals surface area contributed by atoms with Gasteiger partial charge < -0.3 is 15.0 Å². The molecular weight excluding hydrogens is 352 g/mol. The fourth-order valence-corrected chi connectivity index (χ4v) is 3.26. The Morgan fingerprint density at radius 1 is 1.00 bits per heavy atom. The predicted molar refractivity (Wildman–Crippen MR) is 109 cm³/mol. The average Bonchev–Trinajstić information content (AvgIpc) is 3.06. The van der Waals surface area contributed by atoms with E-state index in [-0.39, 0.29) is 11.8 Å². The quantitative estimate of drug-likeness (QED) is 0.717.